The van der Waals surface area contributed by atoms with Crippen LogP contribution in [-0.4, -0.2) is 23.7 Å². The minimum atomic E-state index is 0.276. The molecule has 0 saturated heterocycles. The van der Waals surface area contributed by atoms with Crippen molar-refractivity contribution in [2.24, 2.45) is 5.73 Å². The van der Waals surface area contributed by atoms with Crippen molar-refractivity contribution in [3.63, 3.8) is 0 Å². The molecule has 0 atom stereocenters. The Morgan fingerprint density at radius 3 is 3.11 bits per heavy atom. The number of nitrogens with zero attached hydrogens (tertiary/aromatic N) is 3. The predicted molar refractivity (Wildman–Crippen MR) is 69.2 cm³/mol. The molecule has 5 heteroatoms. The second-order valence-corrected chi connectivity index (χ2v) is 4.58. The van der Waals surface area contributed by atoms with Crippen LogP contribution >= 0.6 is 0 Å². The SMILES string of the molecule is CN1CCCc2ccc(-c3noc(CN)n3)cc21. The fourth-order valence-electron chi connectivity index (χ4n) is 2.35. The minimum Gasteiger partial charge on any atom is -0.374 e. The van der Waals surface area contributed by atoms with E-state index in [0.29, 0.717) is 11.7 Å². The van der Waals surface area contributed by atoms with E-state index in [2.05, 4.69) is 34.2 Å². The predicted octanol–water partition coefficient (Wildman–Crippen LogP) is 1.58. The van der Waals surface area contributed by atoms with Crippen molar-refractivity contribution in [3.05, 3.63) is 29.7 Å². The number of hydrogen-bond acceptors (Lipinski definition) is 5. The van der Waals surface area contributed by atoms with Gasteiger partial charge < -0.3 is 15.2 Å². The van der Waals surface area contributed by atoms with Gasteiger partial charge in [0.15, 0.2) is 0 Å². The lowest BCUT2D eigenvalue weighted by molar-refractivity contribution is 0.380. The van der Waals surface area contributed by atoms with Crippen molar-refractivity contribution in [1.82, 2.24) is 10.1 Å². The molecule has 0 fully saturated rings. The molecule has 2 aromatic rings. The number of aryl methyl sites for hydroxylation is 1. The number of benzene rings is 1. The standard InChI is InChI=1S/C13H16N4O/c1-17-6-2-3-9-4-5-10(7-11(9)17)13-15-12(8-14)18-16-13/h4-5,7H,2-3,6,8,14H2,1H3. The summed E-state index contributed by atoms with van der Waals surface area (Å²) in [5.41, 5.74) is 9.09. The van der Waals surface area contributed by atoms with E-state index in [1.807, 2.05) is 6.07 Å². The molecule has 5 nitrogen and oxygen atoms in total. The normalized spacial score (nSPS) is 14.7. The van der Waals surface area contributed by atoms with Gasteiger partial charge in [0.05, 0.1) is 6.54 Å². The van der Waals surface area contributed by atoms with Gasteiger partial charge in [0, 0.05) is 24.8 Å². The summed E-state index contributed by atoms with van der Waals surface area (Å²) in [7, 11) is 2.11. The first-order valence-corrected chi connectivity index (χ1v) is 6.15. The lowest BCUT2D eigenvalue weighted by Crippen LogP contribution is -2.24. The van der Waals surface area contributed by atoms with Crippen LogP contribution in [0, 0.1) is 0 Å². The van der Waals surface area contributed by atoms with Crippen LogP contribution in [0.2, 0.25) is 0 Å². The van der Waals surface area contributed by atoms with Crippen LogP contribution in [-0.2, 0) is 13.0 Å². The third-order valence-electron chi connectivity index (χ3n) is 3.34. The molecule has 94 valence electrons. The fraction of sp³-hybridized carbons (Fsp3) is 0.385. The van der Waals surface area contributed by atoms with Gasteiger partial charge in [-0.1, -0.05) is 17.3 Å². The summed E-state index contributed by atoms with van der Waals surface area (Å²) < 4.78 is 5.04. The third kappa shape index (κ3) is 1.86. The first-order valence-electron chi connectivity index (χ1n) is 6.15. The van der Waals surface area contributed by atoms with E-state index >= 15 is 0 Å². The van der Waals surface area contributed by atoms with E-state index in [-0.39, 0.29) is 6.54 Å². The smallest absolute Gasteiger partial charge is 0.240 e. The van der Waals surface area contributed by atoms with Crippen molar-refractivity contribution >= 4 is 5.69 Å². The summed E-state index contributed by atoms with van der Waals surface area (Å²) >= 11 is 0. The van der Waals surface area contributed by atoms with E-state index in [0.717, 1.165) is 18.5 Å². The molecule has 0 saturated carbocycles. The Hall–Kier alpha value is -1.88. The maximum Gasteiger partial charge on any atom is 0.240 e. The first kappa shape index (κ1) is 11.2. The monoisotopic (exact) mass is 244 g/mol. The Bertz CT molecular complexity index is 564. The molecule has 0 bridgehead atoms. The van der Waals surface area contributed by atoms with E-state index in [1.54, 1.807) is 0 Å². The highest BCUT2D eigenvalue weighted by molar-refractivity contribution is 5.66. The van der Waals surface area contributed by atoms with Crippen molar-refractivity contribution < 1.29 is 4.52 Å². The number of anilines is 1. The van der Waals surface area contributed by atoms with Crippen LogP contribution in [0.3, 0.4) is 0 Å². The summed E-state index contributed by atoms with van der Waals surface area (Å²) in [5.74, 6) is 1.08. The molecule has 3 rings (SSSR count). The number of hydrogen-bond donors (Lipinski definition) is 1. The van der Waals surface area contributed by atoms with Crippen molar-refractivity contribution in [2.75, 3.05) is 18.5 Å². The number of nitrogens with two attached hydrogens (primary N) is 1. The van der Waals surface area contributed by atoms with Gasteiger partial charge in [-0.15, -0.1) is 0 Å². The highest BCUT2D eigenvalue weighted by Crippen LogP contribution is 2.30. The van der Waals surface area contributed by atoms with Gasteiger partial charge in [0.1, 0.15) is 0 Å². The molecule has 0 radical (unpaired) electrons. The Labute approximate surface area is 106 Å². The average Bonchev–Trinajstić information content (AvgIpc) is 2.88. The van der Waals surface area contributed by atoms with Crippen molar-refractivity contribution in [2.45, 2.75) is 19.4 Å². The lowest BCUT2D eigenvalue weighted by Gasteiger charge is -2.27. The van der Waals surface area contributed by atoms with Gasteiger partial charge in [0.2, 0.25) is 11.7 Å². The Morgan fingerprint density at radius 2 is 2.33 bits per heavy atom. The summed E-state index contributed by atoms with van der Waals surface area (Å²) in [6.45, 7) is 1.37. The number of rotatable bonds is 2. The summed E-state index contributed by atoms with van der Waals surface area (Å²) in [4.78, 5) is 6.52. The van der Waals surface area contributed by atoms with Gasteiger partial charge >= 0.3 is 0 Å². The van der Waals surface area contributed by atoms with E-state index in [9.17, 15) is 0 Å². The molecule has 0 aliphatic carbocycles. The quantitative estimate of drug-likeness (QED) is 0.868. The van der Waals surface area contributed by atoms with Crippen LogP contribution in [0.25, 0.3) is 11.4 Å². The van der Waals surface area contributed by atoms with Crippen LogP contribution in [0.1, 0.15) is 17.9 Å². The van der Waals surface area contributed by atoms with E-state index in [1.165, 1.54) is 17.7 Å². The van der Waals surface area contributed by atoms with E-state index in [4.69, 9.17) is 10.3 Å². The Balaban J connectivity index is 2.00. The van der Waals surface area contributed by atoms with Crippen molar-refractivity contribution in [1.29, 1.82) is 0 Å². The molecule has 0 amide bonds. The number of fused-ring (bicyclic) bond motifs is 1. The van der Waals surface area contributed by atoms with Crippen LogP contribution in [0.5, 0.6) is 0 Å². The van der Waals surface area contributed by atoms with Crippen molar-refractivity contribution in [3.8, 4) is 11.4 Å². The fourth-order valence-corrected chi connectivity index (χ4v) is 2.35. The molecule has 0 unspecified atom stereocenters. The van der Waals surface area contributed by atoms with Gasteiger partial charge in [-0.2, -0.15) is 4.98 Å². The Morgan fingerprint density at radius 1 is 1.44 bits per heavy atom. The molecule has 2 heterocycles. The van der Waals surface area contributed by atoms with Crippen LogP contribution in [0.4, 0.5) is 5.69 Å². The average molecular weight is 244 g/mol. The summed E-state index contributed by atoms with van der Waals surface area (Å²) in [6.07, 6.45) is 2.35. The molecule has 1 aromatic heterocycles. The van der Waals surface area contributed by atoms with Gasteiger partial charge in [-0.25, -0.2) is 0 Å². The van der Waals surface area contributed by atoms with Crippen LogP contribution < -0.4 is 10.6 Å². The molecular formula is C13H16N4O. The maximum atomic E-state index is 5.47. The Kier molecular flexibility index (Phi) is 2.76. The summed E-state index contributed by atoms with van der Waals surface area (Å²) in [6, 6.07) is 6.32. The second-order valence-electron chi connectivity index (χ2n) is 4.58. The maximum absolute atomic E-state index is 5.47. The molecule has 1 aliphatic heterocycles. The molecular weight excluding hydrogens is 228 g/mol. The van der Waals surface area contributed by atoms with Gasteiger partial charge in [-0.3, -0.25) is 0 Å². The third-order valence-corrected chi connectivity index (χ3v) is 3.34. The largest absolute Gasteiger partial charge is 0.374 e. The zero-order valence-electron chi connectivity index (χ0n) is 10.4. The van der Waals surface area contributed by atoms with E-state index < -0.39 is 0 Å². The van der Waals surface area contributed by atoms with Gasteiger partial charge in [-0.05, 0) is 24.5 Å². The molecule has 18 heavy (non-hydrogen) atoms. The van der Waals surface area contributed by atoms with Gasteiger partial charge in [0.25, 0.3) is 0 Å². The molecule has 2 N–H and O–H groups in total. The highest BCUT2D eigenvalue weighted by Gasteiger charge is 2.16. The van der Waals surface area contributed by atoms with Crippen LogP contribution in [0.15, 0.2) is 22.7 Å². The summed E-state index contributed by atoms with van der Waals surface area (Å²) in [5, 5.41) is 3.95. The molecule has 0 spiro atoms. The highest BCUT2D eigenvalue weighted by atomic mass is 16.5. The number of aromatic nitrogens is 2. The zero-order chi connectivity index (χ0) is 12.5. The molecule has 1 aliphatic rings. The second kappa shape index (κ2) is 4.42. The first-order chi connectivity index (χ1) is 8.78. The lowest BCUT2D eigenvalue weighted by atomic mass is 10.00. The topological polar surface area (TPSA) is 68.2 Å². The minimum absolute atomic E-state index is 0.276. The molecule has 1 aromatic carbocycles. The zero-order valence-corrected chi connectivity index (χ0v) is 10.4.